The van der Waals surface area contributed by atoms with Gasteiger partial charge in [-0.05, 0) is 211 Å². The molecule has 0 amide bonds. The normalized spacial score (nSPS) is 16.0. The highest BCUT2D eigenvalue weighted by molar-refractivity contribution is 6.01. The molecule has 111 heavy (non-hydrogen) atoms. The first-order chi connectivity index (χ1) is 54.4. The maximum absolute atomic E-state index is 10.2. The zero-order chi connectivity index (χ0) is 76.1. The van der Waals surface area contributed by atoms with Crippen molar-refractivity contribution in [3.63, 3.8) is 0 Å². The second kappa shape index (κ2) is 34.9. The number of aliphatic hydroxyl groups is 1. The Hall–Kier alpha value is -11.7. The molecule has 0 unspecified atom stereocenters. The molecule has 5 aliphatic rings. The van der Waals surface area contributed by atoms with Crippen molar-refractivity contribution >= 4 is 32.7 Å². The number of ether oxygens (including phenoxy) is 9. The smallest absolute Gasteiger partial charge is 0.137 e. The topological polar surface area (TPSA) is 249 Å². The second-order valence-corrected chi connectivity index (χ2v) is 29.4. The van der Waals surface area contributed by atoms with Crippen molar-refractivity contribution in [2.75, 3.05) is 79.1 Å². The molecule has 5 fully saturated rings. The molecular weight excluding hydrogens is 1390 g/mol. The molecule has 0 aliphatic carbocycles. The van der Waals surface area contributed by atoms with Crippen LogP contribution in [-0.2, 0) is 24.5 Å². The Balaban J connectivity index is 0.000000132. The Bertz CT molecular complexity index is 5410. The third-order valence-electron chi connectivity index (χ3n) is 21.4. The SMILES string of the molecule is CC(C)(O)c1ccc(-c2cc3c(-c4ccc(OC5CCOCC5)c(C#N)c4)cccc3[nH]2)cc1.N#Cc1cc(-c2cc3c(-c4ccc(OC5CCOCC5)c(C#N)c4)cccc3[nH]2)ccc1OC1CCOCC1.N#Cc1cc(-c2cccc3[nH]c(-c4ccc(OCCN5CCCC5)cc4)cc23)ccc1OC1CCOCC1. The van der Waals surface area contributed by atoms with E-state index in [2.05, 4.69) is 105 Å². The molecule has 0 spiro atoms. The number of fused-ring (bicyclic) bond motifs is 3. The van der Waals surface area contributed by atoms with Gasteiger partial charge in [0, 0.05) is 108 Å². The Kier molecular flexibility index (Phi) is 23.5. The number of benzene rings is 9. The average molecular weight is 1480 g/mol. The highest BCUT2D eigenvalue weighted by Crippen LogP contribution is 2.41. The summed E-state index contributed by atoms with van der Waals surface area (Å²) in [6, 6.07) is 73.7. The van der Waals surface area contributed by atoms with Crippen LogP contribution in [0.1, 0.15) is 106 Å². The molecule has 3 aromatic heterocycles. The summed E-state index contributed by atoms with van der Waals surface area (Å²) in [6.07, 6.45) is 9.62. The van der Waals surface area contributed by atoms with Crippen LogP contribution in [0, 0.1) is 45.3 Å². The van der Waals surface area contributed by atoms with E-state index in [0.29, 0.717) is 98.1 Å². The van der Waals surface area contributed by atoms with Crippen LogP contribution in [0.2, 0.25) is 0 Å². The number of likely N-dealkylation sites (tertiary alicyclic amines) is 1. The van der Waals surface area contributed by atoms with Crippen LogP contribution in [0.25, 0.3) is 99.9 Å². The van der Waals surface area contributed by atoms with Crippen LogP contribution in [0.5, 0.6) is 28.7 Å². The maximum atomic E-state index is 10.2. The van der Waals surface area contributed by atoms with E-state index in [0.717, 1.165) is 176 Å². The monoisotopic (exact) mass is 1480 g/mol. The van der Waals surface area contributed by atoms with Gasteiger partial charge in [-0.2, -0.15) is 21.0 Å². The number of H-pyrrole nitrogens is 3. The zero-order valence-electron chi connectivity index (χ0n) is 62.7. The summed E-state index contributed by atoms with van der Waals surface area (Å²) < 4.78 is 52.2. The predicted octanol–water partition coefficient (Wildman–Crippen LogP) is 18.9. The lowest BCUT2D eigenvalue weighted by Crippen LogP contribution is -2.26. The fourth-order valence-electron chi connectivity index (χ4n) is 15.2. The van der Waals surface area contributed by atoms with E-state index in [1.807, 2.05) is 133 Å². The summed E-state index contributed by atoms with van der Waals surface area (Å²) in [5, 5.41) is 52.8. The van der Waals surface area contributed by atoms with Gasteiger partial charge in [-0.1, -0.05) is 78.9 Å². The van der Waals surface area contributed by atoms with E-state index in [4.69, 9.17) is 42.6 Å². The van der Waals surface area contributed by atoms with Crippen molar-refractivity contribution in [1.29, 1.82) is 21.0 Å². The van der Waals surface area contributed by atoms with Gasteiger partial charge in [-0.3, -0.25) is 4.90 Å². The summed E-state index contributed by atoms with van der Waals surface area (Å²) >= 11 is 0. The summed E-state index contributed by atoms with van der Waals surface area (Å²) in [6.45, 7) is 13.2. The minimum Gasteiger partial charge on any atom is -0.492 e. The van der Waals surface area contributed by atoms with Crippen LogP contribution < -0.4 is 23.7 Å². The highest BCUT2D eigenvalue weighted by atomic mass is 16.5. The standard InChI is InChI=1S/C32H29N3O4.C32H33N3O3.C29H28N2O3/c33-19-23-16-21(4-6-31(23)38-25-8-12-36-13-9-25)27-2-1-3-29-28(27)18-30(35-29)22-5-7-32(24(17-22)20-34)39-26-10-14-37-15-11-26;33-22-25-20-24(8-11-32(25)38-27-12-17-36-18-13-27)28-4-3-5-30-29(28)21-31(34-30)23-6-9-26(10-7-23)37-19-16-35-14-1-2-15-35;1-29(2,32)22-9-6-19(7-10-22)27-17-25-24(4-3-5-26(25)31-27)20-8-11-28(21(16-20)18-30)34-23-12-14-33-15-13-23/h1-7,16-18,25-26,35H,8-15H2;3-11,20-21,27,34H,1-2,12-19H2;3-11,16-17,23,31-32H,12-15H2,1-2H3. The van der Waals surface area contributed by atoms with Crippen molar-refractivity contribution in [2.45, 2.75) is 108 Å². The molecule has 0 bridgehead atoms. The fraction of sp³-hybridized carbons (Fsp3) is 0.312. The molecule has 5 aliphatic heterocycles. The van der Waals surface area contributed by atoms with Gasteiger partial charge in [0.1, 0.15) is 84.0 Å². The Labute approximate surface area is 647 Å². The minimum absolute atomic E-state index is 0.0686. The first kappa shape index (κ1) is 74.8. The molecular formula is C93H90N8O10. The number of aromatic amines is 3. The van der Waals surface area contributed by atoms with Gasteiger partial charge in [0.2, 0.25) is 0 Å². The summed E-state index contributed by atoms with van der Waals surface area (Å²) in [5.74, 6) is 3.40. The molecule has 17 rings (SSSR count). The zero-order valence-corrected chi connectivity index (χ0v) is 62.7. The van der Waals surface area contributed by atoms with Gasteiger partial charge in [0.25, 0.3) is 0 Å². The molecule has 18 heteroatoms. The molecule has 12 aromatic rings. The first-order valence-electron chi connectivity index (χ1n) is 38.7. The third-order valence-corrected chi connectivity index (χ3v) is 21.4. The van der Waals surface area contributed by atoms with Crippen LogP contribution in [0.3, 0.4) is 0 Å². The van der Waals surface area contributed by atoms with Crippen LogP contribution in [0.15, 0.2) is 194 Å². The molecule has 0 saturated carbocycles. The van der Waals surface area contributed by atoms with Crippen molar-refractivity contribution in [2.24, 2.45) is 0 Å². The van der Waals surface area contributed by atoms with E-state index in [1.54, 1.807) is 13.8 Å². The minimum atomic E-state index is -0.870. The number of aromatic nitrogens is 3. The van der Waals surface area contributed by atoms with Gasteiger partial charge in [0.15, 0.2) is 0 Å². The highest BCUT2D eigenvalue weighted by Gasteiger charge is 2.25. The van der Waals surface area contributed by atoms with E-state index in [1.165, 1.54) is 25.9 Å². The van der Waals surface area contributed by atoms with Crippen molar-refractivity contribution in [3.05, 3.63) is 222 Å². The number of hydrogen-bond donors (Lipinski definition) is 4. The van der Waals surface area contributed by atoms with Crippen molar-refractivity contribution < 1.29 is 47.7 Å². The second-order valence-electron chi connectivity index (χ2n) is 29.4. The molecule has 9 aromatic carbocycles. The van der Waals surface area contributed by atoms with Crippen molar-refractivity contribution in [1.82, 2.24) is 19.9 Å². The van der Waals surface area contributed by atoms with E-state index < -0.39 is 5.60 Å². The number of hydrogen-bond acceptors (Lipinski definition) is 15. The molecule has 0 atom stereocenters. The lowest BCUT2D eigenvalue weighted by atomic mass is 9.96. The predicted molar refractivity (Wildman–Crippen MR) is 431 cm³/mol. The number of nitrogens with one attached hydrogen (secondary N) is 3. The van der Waals surface area contributed by atoms with Gasteiger partial charge in [0.05, 0.1) is 80.7 Å². The quantitative estimate of drug-likeness (QED) is 0.0588. The Morgan fingerprint density at radius 2 is 0.694 bits per heavy atom. The third kappa shape index (κ3) is 18.0. The Morgan fingerprint density at radius 1 is 0.387 bits per heavy atom. The molecule has 18 nitrogen and oxygen atoms in total. The Morgan fingerprint density at radius 3 is 1.03 bits per heavy atom. The number of rotatable bonds is 19. The molecule has 562 valence electrons. The molecule has 0 radical (unpaired) electrons. The van der Waals surface area contributed by atoms with E-state index in [-0.39, 0.29) is 24.4 Å². The molecule has 4 N–H and O–H groups in total. The van der Waals surface area contributed by atoms with Crippen molar-refractivity contribution in [3.8, 4) is 120 Å². The van der Waals surface area contributed by atoms with Crippen LogP contribution >= 0.6 is 0 Å². The molecule has 5 saturated heterocycles. The average Bonchev–Trinajstić information content (AvgIpc) is 1.66. The maximum Gasteiger partial charge on any atom is 0.137 e. The number of nitrogens with zero attached hydrogens (tertiary/aromatic N) is 5. The lowest BCUT2D eigenvalue weighted by molar-refractivity contribution is 0.0252. The summed E-state index contributed by atoms with van der Waals surface area (Å²) in [5.41, 5.74) is 17.3. The van der Waals surface area contributed by atoms with E-state index in [9.17, 15) is 26.2 Å². The summed E-state index contributed by atoms with van der Waals surface area (Å²) in [7, 11) is 0. The first-order valence-corrected chi connectivity index (χ1v) is 38.7. The number of nitriles is 4. The van der Waals surface area contributed by atoms with E-state index >= 15 is 0 Å². The molecule has 8 heterocycles. The largest absolute Gasteiger partial charge is 0.492 e. The van der Waals surface area contributed by atoms with Gasteiger partial charge < -0.3 is 62.7 Å². The van der Waals surface area contributed by atoms with Crippen LogP contribution in [0.4, 0.5) is 0 Å². The van der Waals surface area contributed by atoms with Gasteiger partial charge in [-0.25, -0.2) is 0 Å². The fourth-order valence-corrected chi connectivity index (χ4v) is 15.2. The van der Waals surface area contributed by atoms with Gasteiger partial charge in [-0.15, -0.1) is 0 Å². The van der Waals surface area contributed by atoms with Crippen LogP contribution in [-0.4, -0.2) is 128 Å². The lowest BCUT2D eigenvalue weighted by Gasteiger charge is -2.24. The van der Waals surface area contributed by atoms with Gasteiger partial charge >= 0.3 is 0 Å². The summed E-state index contributed by atoms with van der Waals surface area (Å²) in [4.78, 5) is 13.0.